The van der Waals surface area contributed by atoms with Crippen molar-refractivity contribution in [3.8, 4) is 5.75 Å². The highest BCUT2D eigenvalue weighted by atomic mass is 16.5. The second-order valence-corrected chi connectivity index (χ2v) is 7.61. The van der Waals surface area contributed by atoms with Gasteiger partial charge in [0, 0.05) is 42.0 Å². The molecule has 1 saturated heterocycles. The van der Waals surface area contributed by atoms with E-state index in [-0.39, 0.29) is 11.7 Å². The minimum absolute atomic E-state index is 0.0201. The van der Waals surface area contributed by atoms with Gasteiger partial charge in [-0.05, 0) is 50.6 Å². The van der Waals surface area contributed by atoms with Crippen LogP contribution in [0.4, 0.5) is 0 Å². The number of aliphatic hydroxyl groups is 1. The van der Waals surface area contributed by atoms with E-state index in [9.17, 15) is 14.7 Å². The van der Waals surface area contributed by atoms with Gasteiger partial charge in [-0.3, -0.25) is 14.6 Å². The lowest BCUT2D eigenvalue weighted by atomic mass is 9.84. The predicted octanol–water partition coefficient (Wildman–Crippen LogP) is 2.51. The van der Waals surface area contributed by atoms with E-state index in [0.717, 1.165) is 6.42 Å². The molecule has 2 aromatic rings. The Bertz CT molecular complexity index is 894. The number of rotatable bonds is 3. The molecule has 2 aliphatic rings. The Morgan fingerprint density at radius 3 is 2.78 bits per heavy atom. The molecule has 1 aromatic heterocycles. The zero-order valence-corrected chi connectivity index (χ0v) is 15.4. The van der Waals surface area contributed by atoms with Crippen molar-refractivity contribution in [3.05, 3.63) is 59.4 Å². The third kappa shape index (κ3) is 3.00. The van der Waals surface area contributed by atoms with E-state index in [1.165, 1.54) is 6.20 Å². The molecule has 0 saturated carbocycles. The number of hydrogen-bond acceptors (Lipinski definition) is 5. The van der Waals surface area contributed by atoms with Gasteiger partial charge in [-0.1, -0.05) is 0 Å². The molecule has 1 N–H and O–H groups in total. The quantitative estimate of drug-likeness (QED) is 0.845. The molecule has 1 aromatic carbocycles. The first kappa shape index (κ1) is 17.7. The minimum atomic E-state index is -0.893. The van der Waals surface area contributed by atoms with Gasteiger partial charge in [-0.25, -0.2) is 0 Å². The van der Waals surface area contributed by atoms with E-state index >= 15 is 0 Å². The Kier molecular flexibility index (Phi) is 4.23. The topological polar surface area (TPSA) is 79.7 Å². The van der Waals surface area contributed by atoms with Gasteiger partial charge in [0.1, 0.15) is 17.5 Å². The van der Waals surface area contributed by atoms with Crippen LogP contribution in [0.2, 0.25) is 0 Å². The number of carbonyl (C=O) groups excluding carboxylic acids is 2. The lowest BCUT2D eigenvalue weighted by molar-refractivity contribution is -0.139. The van der Waals surface area contributed by atoms with Crippen LogP contribution >= 0.6 is 0 Å². The molecule has 0 spiro atoms. The molecule has 2 atom stereocenters. The molecule has 0 aliphatic carbocycles. The Balaban J connectivity index is 1.79. The van der Waals surface area contributed by atoms with Gasteiger partial charge in [0.2, 0.25) is 5.91 Å². The number of ether oxygens (including phenoxy) is 1. The van der Waals surface area contributed by atoms with E-state index in [4.69, 9.17) is 4.74 Å². The number of benzene rings is 1. The fourth-order valence-electron chi connectivity index (χ4n) is 3.87. The van der Waals surface area contributed by atoms with Crippen molar-refractivity contribution >= 4 is 11.7 Å². The molecule has 1 amide bonds. The molecule has 0 bridgehead atoms. The number of amides is 1. The number of aliphatic hydroxyl groups excluding tert-OH is 1. The number of likely N-dealkylation sites (tertiary alicyclic amines) is 1. The first-order valence-corrected chi connectivity index (χ1v) is 9.14. The third-order valence-electron chi connectivity index (χ3n) is 5.34. The summed E-state index contributed by atoms with van der Waals surface area (Å²) in [6.45, 7) is 4.21. The van der Waals surface area contributed by atoms with Crippen LogP contribution in [-0.4, -0.2) is 44.9 Å². The zero-order valence-electron chi connectivity index (χ0n) is 15.4. The molecule has 4 rings (SSSR count). The average Bonchev–Trinajstić information content (AvgIpc) is 3.08. The van der Waals surface area contributed by atoms with Crippen LogP contribution in [-0.2, 0) is 4.79 Å². The first-order chi connectivity index (χ1) is 12.9. The second-order valence-electron chi connectivity index (χ2n) is 7.61. The van der Waals surface area contributed by atoms with Gasteiger partial charge < -0.3 is 14.7 Å². The maximum absolute atomic E-state index is 12.8. The van der Waals surface area contributed by atoms with Crippen LogP contribution in [0.1, 0.15) is 54.2 Å². The smallest absolute Gasteiger partial charge is 0.223 e. The Hall–Kier alpha value is -2.73. The molecule has 2 aliphatic heterocycles. The maximum Gasteiger partial charge on any atom is 0.223 e. The van der Waals surface area contributed by atoms with Gasteiger partial charge in [-0.15, -0.1) is 0 Å². The van der Waals surface area contributed by atoms with E-state index < -0.39 is 17.7 Å². The Morgan fingerprint density at radius 2 is 2.11 bits per heavy atom. The highest BCUT2D eigenvalue weighted by molar-refractivity contribution is 6.09. The zero-order chi connectivity index (χ0) is 19.2. The molecule has 27 heavy (non-hydrogen) atoms. The summed E-state index contributed by atoms with van der Waals surface area (Å²) in [5.74, 6) is 0.459. The van der Waals surface area contributed by atoms with Crippen molar-refractivity contribution in [2.45, 2.75) is 44.4 Å². The van der Waals surface area contributed by atoms with Gasteiger partial charge in [0.05, 0.1) is 6.04 Å². The van der Waals surface area contributed by atoms with Crippen molar-refractivity contribution in [2.75, 3.05) is 6.54 Å². The molecule has 3 heterocycles. The predicted molar refractivity (Wildman–Crippen MR) is 98.5 cm³/mol. The molecule has 6 heteroatoms. The summed E-state index contributed by atoms with van der Waals surface area (Å²) < 4.78 is 5.99. The lowest BCUT2D eigenvalue weighted by Crippen LogP contribution is -2.53. The fraction of sp³-hybridized carbons (Fsp3) is 0.381. The van der Waals surface area contributed by atoms with Crippen LogP contribution < -0.4 is 4.74 Å². The van der Waals surface area contributed by atoms with Crippen LogP contribution in [0.5, 0.6) is 5.75 Å². The van der Waals surface area contributed by atoms with Gasteiger partial charge in [-0.2, -0.15) is 0 Å². The molecule has 140 valence electrons. The highest BCUT2D eigenvalue weighted by Gasteiger charge is 2.47. The van der Waals surface area contributed by atoms with Crippen molar-refractivity contribution < 1.29 is 19.4 Å². The number of hydrogen-bond donors (Lipinski definition) is 1. The average molecular weight is 366 g/mol. The Morgan fingerprint density at radius 1 is 1.30 bits per heavy atom. The van der Waals surface area contributed by atoms with Crippen molar-refractivity contribution in [1.29, 1.82) is 0 Å². The second kappa shape index (κ2) is 6.46. The molecule has 0 unspecified atom stereocenters. The summed E-state index contributed by atoms with van der Waals surface area (Å²) >= 11 is 0. The van der Waals surface area contributed by atoms with E-state index in [2.05, 4.69) is 4.98 Å². The highest BCUT2D eigenvalue weighted by Crippen LogP contribution is 2.44. The van der Waals surface area contributed by atoms with Crippen molar-refractivity contribution in [3.63, 3.8) is 0 Å². The minimum Gasteiger partial charge on any atom is -0.485 e. The number of ketones is 1. The maximum atomic E-state index is 12.8. The Labute approximate surface area is 157 Å². The SMILES string of the molecule is CC1(C)Oc2ccc(C(=O)c3cccnc3)cc2[C@H](N2CCCC2=O)[C@H]1O. The summed E-state index contributed by atoms with van der Waals surface area (Å²) in [4.78, 5) is 30.9. The van der Waals surface area contributed by atoms with E-state index in [0.29, 0.717) is 35.4 Å². The number of carbonyl (C=O) groups is 2. The number of nitrogens with zero attached hydrogens (tertiary/aromatic N) is 2. The van der Waals surface area contributed by atoms with Crippen LogP contribution in [0.3, 0.4) is 0 Å². The summed E-state index contributed by atoms with van der Waals surface area (Å²) in [6, 6.07) is 8.10. The monoisotopic (exact) mass is 366 g/mol. The summed E-state index contributed by atoms with van der Waals surface area (Å²) in [7, 11) is 0. The first-order valence-electron chi connectivity index (χ1n) is 9.14. The molecule has 1 fully saturated rings. The third-order valence-corrected chi connectivity index (χ3v) is 5.34. The summed E-state index contributed by atoms with van der Waals surface area (Å²) in [5, 5.41) is 11.0. The molecular formula is C21H22N2O4. The summed E-state index contributed by atoms with van der Waals surface area (Å²) in [5.41, 5.74) is 0.805. The largest absolute Gasteiger partial charge is 0.485 e. The van der Waals surface area contributed by atoms with Gasteiger partial charge in [0.15, 0.2) is 5.78 Å². The number of aromatic nitrogens is 1. The number of pyridine rings is 1. The number of fused-ring (bicyclic) bond motifs is 1. The normalized spacial score (nSPS) is 23.7. The van der Waals surface area contributed by atoms with E-state index in [1.807, 2.05) is 13.8 Å². The van der Waals surface area contributed by atoms with Gasteiger partial charge >= 0.3 is 0 Å². The summed E-state index contributed by atoms with van der Waals surface area (Å²) in [6.07, 6.45) is 3.50. The van der Waals surface area contributed by atoms with Crippen LogP contribution in [0.15, 0.2) is 42.7 Å². The van der Waals surface area contributed by atoms with E-state index in [1.54, 1.807) is 41.4 Å². The molecular weight excluding hydrogens is 344 g/mol. The lowest BCUT2D eigenvalue weighted by Gasteiger charge is -2.45. The molecule has 6 nitrogen and oxygen atoms in total. The van der Waals surface area contributed by atoms with Crippen molar-refractivity contribution in [1.82, 2.24) is 9.88 Å². The van der Waals surface area contributed by atoms with Crippen LogP contribution in [0, 0.1) is 0 Å². The molecule has 0 radical (unpaired) electrons. The van der Waals surface area contributed by atoms with Crippen LogP contribution in [0.25, 0.3) is 0 Å². The standard InChI is InChI=1S/C21H22N2O4/c1-21(2)20(26)18(23-10-4-6-17(23)24)15-11-13(7-8-16(15)27-21)19(25)14-5-3-9-22-12-14/h3,5,7-9,11-12,18,20,26H,4,6,10H2,1-2H3/t18-,20+/m0/s1. The fourth-order valence-corrected chi connectivity index (χ4v) is 3.87. The van der Waals surface area contributed by atoms with Crippen molar-refractivity contribution in [2.24, 2.45) is 0 Å². The van der Waals surface area contributed by atoms with Gasteiger partial charge in [0.25, 0.3) is 0 Å².